The van der Waals surface area contributed by atoms with Crippen LogP contribution in [-0.4, -0.2) is 21.0 Å². The number of aryl methyl sites for hydroxylation is 1. The highest BCUT2D eigenvalue weighted by molar-refractivity contribution is 7.92. The predicted octanol–water partition coefficient (Wildman–Crippen LogP) is 2.07. The van der Waals surface area contributed by atoms with Gasteiger partial charge < -0.3 is 5.73 Å². The van der Waals surface area contributed by atoms with Crippen LogP contribution in [0.3, 0.4) is 0 Å². The van der Waals surface area contributed by atoms with Gasteiger partial charge in [-0.3, -0.25) is 4.31 Å². The van der Waals surface area contributed by atoms with Gasteiger partial charge in [-0.25, -0.2) is 8.42 Å². The van der Waals surface area contributed by atoms with Crippen LogP contribution < -0.4 is 10.0 Å². The standard InChI is InChI=1S/C16H18N2O2S/c1-12-5-4-7-15(9-12)21(19,20)18-11-14(17)10-13-6-2-3-8-16(13)18/h2-9,14H,10-11,17H2,1H3. The number of hydrogen-bond acceptors (Lipinski definition) is 3. The summed E-state index contributed by atoms with van der Waals surface area (Å²) in [6, 6.07) is 14.3. The zero-order valence-electron chi connectivity index (χ0n) is 11.9. The fourth-order valence-electron chi connectivity index (χ4n) is 2.72. The lowest BCUT2D eigenvalue weighted by atomic mass is 10.0. The molecule has 0 aromatic heterocycles. The molecule has 1 aliphatic rings. The van der Waals surface area contributed by atoms with Crippen molar-refractivity contribution in [1.82, 2.24) is 0 Å². The first-order valence-electron chi connectivity index (χ1n) is 6.91. The highest BCUT2D eigenvalue weighted by Crippen LogP contribution is 2.31. The van der Waals surface area contributed by atoms with Crippen molar-refractivity contribution < 1.29 is 8.42 Å². The van der Waals surface area contributed by atoms with E-state index in [0.717, 1.165) is 16.8 Å². The first-order chi connectivity index (χ1) is 9.98. The van der Waals surface area contributed by atoms with Crippen molar-refractivity contribution in [2.45, 2.75) is 24.3 Å². The molecule has 1 unspecified atom stereocenters. The smallest absolute Gasteiger partial charge is 0.264 e. The lowest BCUT2D eigenvalue weighted by Gasteiger charge is -2.33. The summed E-state index contributed by atoms with van der Waals surface area (Å²) in [6.07, 6.45) is 0.704. The van der Waals surface area contributed by atoms with E-state index in [0.29, 0.717) is 17.9 Å². The maximum Gasteiger partial charge on any atom is 0.264 e. The Balaban J connectivity index is 2.11. The van der Waals surface area contributed by atoms with E-state index in [1.54, 1.807) is 18.2 Å². The van der Waals surface area contributed by atoms with Gasteiger partial charge in [-0.05, 0) is 42.7 Å². The third kappa shape index (κ3) is 2.54. The zero-order chi connectivity index (χ0) is 15.0. The second kappa shape index (κ2) is 5.16. The van der Waals surface area contributed by atoms with Gasteiger partial charge in [0.1, 0.15) is 0 Å². The molecule has 0 saturated heterocycles. The molecule has 1 atom stereocenters. The quantitative estimate of drug-likeness (QED) is 0.923. The van der Waals surface area contributed by atoms with Crippen molar-refractivity contribution in [2.75, 3.05) is 10.8 Å². The molecule has 4 nitrogen and oxygen atoms in total. The van der Waals surface area contributed by atoms with Gasteiger partial charge in [0.15, 0.2) is 0 Å². The number of nitrogens with two attached hydrogens (primary N) is 1. The van der Waals surface area contributed by atoms with Gasteiger partial charge in [-0.1, -0.05) is 30.3 Å². The number of hydrogen-bond donors (Lipinski definition) is 1. The van der Waals surface area contributed by atoms with E-state index >= 15 is 0 Å². The number of sulfonamides is 1. The summed E-state index contributed by atoms with van der Waals surface area (Å²) in [7, 11) is -3.58. The van der Waals surface area contributed by atoms with Crippen LogP contribution in [0.5, 0.6) is 0 Å². The number of rotatable bonds is 2. The number of para-hydroxylation sites is 1. The van der Waals surface area contributed by atoms with Crippen LogP contribution >= 0.6 is 0 Å². The van der Waals surface area contributed by atoms with Gasteiger partial charge in [-0.2, -0.15) is 0 Å². The molecule has 5 heteroatoms. The number of fused-ring (bicyclic) bond motifs is 1. The molecule has 1 aliphatic heterocycles. The SMILES string of the molecule is Cc1cccc(S(=O)(=O)N2CC(N)Cc3ccccc32)c1. The second-order valence-electron chi connectivity index (χ2n) is 5.45. The molecule has 0 bridgehead atoms. The Hall–Kier alpha value is -1.85. The Labute approximate surface area is 125 Å². The maximum absolute atomic E-state index is 12.9. The Morgan fingerprint density at radius 3 is 2.67 bits per heavy atom. The Kier molecular flexibility index (Phi) is 3.47. The first kappa shape index (κ1) is 14.1. The van der Waals surface area contributed by atoms with Crippen molar-refractivity contribution >= 4 is 15.7 Å². The van der Waals surface area contributed by atoms with Gasteiger partial charge in [-0.15, -0.1) is 0 Å². The zero-order valence-corrected chi connectivity index (χ0v) is 12.7. The minimum Gasteiger partial charge on any atom is -0.326 e. The van der Waals surface area contributed by atoms with Crippen LogP contribution in [-0.2, 0) is 16.4 Å². The predicted molar refractivity (Wildman–Crippen MR) is 83.8 cm³/mol. The van der Waals surface area contributed by atoms with E-state index in [-0.39, 0.29) is 6.04 Å². The van der Waals surface area contributed by atoms with Gasteiger partial charge in [0.05, 0.1) is 10.6 Å². The minimum atomic E-state index is -3.58. The average Bonchev–Trinajstić information content (AvgIpc) is 2.46. The third-order valence-electron chi connectivity index (χ3n) is 3.72. The summed E-state index contributed by atoms with van der Waals surface area (Å²) in [6.45, 7) is 2.20. The molecule has 0 fully saturated rings. The molecule has 21 heavy (non-hydrogen) atoms. The summed E-state index contributed by atoms with van der Waals surface area (Å²) >= 11 is 0. The second-order valence-corrected chi connectivity index (χ2v) is 7.31. The van der Waals surface area contributed by atoms with E-state index in [2.05, 4.69) is 0 Å². The average molecular weight is 302 g/mol. The van der Waals surface area contributed by atoms with E-state index < -0.39 is 10.0 Å². The number of nitrogens with zero attached hydrogens (tertiary/aromatic N) is 1. The van der Waals surface area contributed by atoms with Crippen molar-refractivity contribution in [3.8, 4) is 0 Å². The molecule has 0 radical (unpaired) electrons. The Morgan fingerprint density at radius 2 is 1.90 bits per heavy atom. The molecule has 0 saturated carbocycles. The van der Waals surface area contributed by atoms with Crippen LogP contribution in [0.15, 0.2) is 53.4 Å². The van der Waals surface area contributed by atoms with Gasteiger partial charge in [0, 0.05) is 12.6 Å². The summed E-state index contributed by atoms with van der Waals surface area (Å²) in [4.78, 5) is 0.311. The third-order valence-corrected chi connectivity index (χ3v) is 5.50. The molecule has 1 heterocycles. The Bertz CT molecular complexity index is 771. The van der Waals surface area contributed by atoms with Crippen molar-refractivity contribution in [3.05, 3.63) is 59.7 Å². The lowest BCUT2D eigenvalue weighted by Crippen LogP contribution is -2.46. The fraction of sp³-hybridized carbons (Fsp3) is 0.250. The molecule has 2 N–H and O–H groups in total. The summed E-state index contributed by atoms with van der Waals surface area (Å²) in [5.74, 6) is 0. The topological polar surface area (TPSA) is 63.4 Å². The fourth-order valence-corrected chi connectivity index (χ4v) is 4.38. The van der Waals surface area contributed by atoms with Crippen LogP contribution in [0.2, 0.25) is 0 Å². The monoisotopic (exact) mass is 302 g/mol. The van der Waals surface area contributed by atoms with Gasteiger partial charge in [0.2, 0.25) is 0 Å². The summed E-state index contributed by atoms with van der Waals surface area (Å²) < 4.78 is 27.3. The van der Waals surface area contributed by atoms with E-state index in [4.69, 9.17) is 5.73 Å². The maximum atomic E-state index is 12.9. The van der Waals surface area contributed by atoms with Gasteiger partial charge in [0.25, 0.3) is 10.0 Å². The normalized spacial score (nSPS) is 18.4. The first-order valence-corrected chi connectivity index (χ1v) is 8.35. The molecule has 0 spiro atoms. The van der Waals surface area contributed by atoms with E-state index in [9.17, 15) is 8.42 Å². The van der Waals surface area contributed by atoms with Gasteiger partial charge >= 0.3 is 0 Å². The van der Waals surface area contributed by atoms with Crippen LogP contribution in [0.4, 0.5) is 5.69 Å². The van der Waals surface area contributed by atoms with Crippen molar-refractivity contribution in [3.63, 3.8) is 0 Å². The number of anilines is 1. The highest BCUT2D eigenvalue weighted by Gasteiger charge is 2.31. The summed E-state index contributed by atoms with van der Waals surface area (Å²) in [5, 5.41) is 0. The molecular formula is C16H18N2O2S. The van der Waals surface area contributed by atoms with E-state index in [1.807, 2.05) is 37.3 Å². The van der Waals surface area contributed by atoms with Crippen molar-refractivity contribution in [1.29, 1.82) is 0 Å². The Morgan fingerprint density at radius 1 is 1.14 bits per heavy atom. The van der Waals surface area contributed by atoms with Crippen molar-refractivity contribution in [2.24, 2.45) is 5.73 Å². The lowest BCUT2D eigenvalue weighted by molar-refractivity contribution is 0.575. The highest BCUT2D eigenvalue weighted by atomic mass is 32.2. The molecular weight excluding hydrogens is 284 g/mol. The van der Waals surface area contributed by atoms with Crippen LogP contribution in [0.1, 0.15) is 11.1 Å². The minimum absolute atomic E-state index is 0.181. The summed E-state index contributed by atoms with van der Waals surface area (Å²) in [5.41, 5.74) is 8.68. The molecule has 2 aromatic carbocycles. The molecule has 0 amide bonds. The van der Waals surface area contributed by atoms with Crippen LogP contribution in [0.25, 0.3) is 0 Å². The number of benzene rings is 2. The molecule has 110 valence electrons. The van der Waals surface area contributed by atoms with E-state index in [1.165, 1.54) is 4.31 Å². The molecule has 3 rings (SSSR count). The molecule has 0 aliphatic carbocycles. The largest absolute Gasteiger partial charge is 0.326 e. The molecule has 2 aromatic rings. The van der Waals surface area contributed by atoms with Crippen LogP contribution in [0, 0.1) is 6.92 Å².